The molecular weight excluding hydrogens is 294 g/mol. The molecule has 0 aliphatic carbocycles. The van der Waals surface area contributed by atoms with Crippen LogP contribution in [0.5, 0.6) is 5.75 Å². The number of hydrazone groups is 1. The molecule has 23 heavy (non-hydrogen) atoms. The van der Waals surface area contributed by atoms with Crippen molar-refractivity contribution in [1.29, 1.82) is 0 Å². The first kappa shape index (κ1) is 17.0. The van der Waals surface area contributed by atoms with Crippen molar-refractivity contribution in [3.05, 3.63) is 29.3 Å². The van der Waals surface area contributed by atoms with E-state index in [1.54, 1.807) is 7.11 Å². The molecule has 2 N–H and O–H groups in total. The second-order valence-electron chi connectivity index (χ2n) is 6.56. The summed E-state index contributed by atoms with van der Waals surface area (Å²) in [5, 5.41) is 6.63. The van der Waals surface area contributed by atoms with E-state index in [2.05, 4.69) is 36.6 Å². The minimum atomic E-state index is -0.252. The first-order valence-corrected chi connectivity index (χ1v) is 7.62. The van der Waals surface area contributed by atoms with Gasteiger partial charge in [0.1, 0.15) is 11.5 Å². The lowest BCUT2D eigenvalue weighted by Crippen LogP contribution is -2.36. The summed E-state index contributed by atoms with van der Waals surface area (Å²) in [5.41, 5.74) is 4.71. The lowest BCUT2D eigenvalue weighted by atomic mass is 9.85. The Labute approximate surface area is 136 Å². The van der Waals surface area contributed by atoms with Gasteiger partial charge in [0.2, 0.25) is 5.91 Å². The van der Waals surface area contributed by atoms with Gasteiger partial charge < -0.3 is 10.1 Å². The van der Waals surface area contributed by atoms with Gasteiger partial charge in [-0.05, 0) is 28.7 Å². The second-order valence-corrected chi connectivity index (χ2v) is 6.56. The van der Waals surface area contributed by atoms with Crippen LogP contribution < -0.4 is 15.5 Å². The number of carbonyl (C=O) groups is 2. The molecule has 6 heteroatoms. The van der Waals surface area contributed by atoms with Gasteiger partial charge in [-0.2, -0.15) is 5.10 Å². The fourth-order valence-electron chi connectivity index (χ4n) is 2.37. The van der Waals surface area contributed by atoms with Crippen LogP contribution in [0.1, 0.15) is 44.7 Å². The van der Waals surface area contributed by atoms with E-state index < -0.39 is 0 Å². The summed E-state index contributed by atoms with van der Waals surface area (Å²) in [4.78, 5) is 23.1. The summed E-state index contributed by atoms with van der Waals surface area (Å²) < 4.78 is 5.41. The molecule has 0 unspecified atom stereocenters. The van der Waals surface area contributed by atoms with E-state index in [1.165, 1.54) is 0 Å². The topological polar surface area (TPSA) is 79.8 Å². The van der Waals surface area contributed by atoms with Gasteiger partial charge in [-0.25, -0.2) is 5.43 Å². The molecule has 1 aliphatic heterocycles. The Morgan fingerprint density at radius 3 is 2.65 bits per heavy atom. The Morgan fingerprint density at radius 2 is 2.09 bits per heavy atom. The maximum absolute atomic E-state index is 12.1. The molecule has 1 aromatic rings. The van der Waals surface area contributed by atoms with Crippen LogP contribution in [0.2, 0.25) is 0 Å². The van der Waals surface area contributed by atoms with Crippen LogP contribution in [0.25, 0.3) is 0 Å². The zero-order valence-electron chi connectivity index (χ0n) is 14.0. The summed E-state index contributed by atoms with van der Waals surface area (Å²) in [6, 6.07) is 5.89. The molecule has 0 saturated heterocycles. The van der Waals surface area contributed by atoms with Crippen LogP contribution >= 0.6 is 0 Å². The zero-order chi connectivity index (χ0) is 17.0. The smallest absolute Gasteiger partial charge is 0.267 e. The van der Waals surface area contributed by atoms with Crippen LogP contribution in [-0.2, 0) is 21.5 Å². The number of nitrogens with one attached hydrogen (secondary N) is 2. The molecule has 1 aromatic carbocycles. The summed E-state index contributed by atoms with van der Waals surface area (Å²) in [5.74, 6) is 0.427. The van der Waals surface area contributed by atoms with Gasteiger partial charge in [-0.1, -0.05) is 26.8 Å². The lowest BCUT2D eigenvalue weighted by molar-refractivity contribution is -0.121. The largest absolute Gasteiger partial charge is 0.496 e. The molecule has 0 radical (unpaired) electrons. The number of hydrogen-bond acceptors (Lipinski definition) is 4. The maximum Gasteiger partial charge on any atom is 0.267 e. The molecule has 0 saturated carbocycles. The van der Waals surface area contributed by atoms with Crippen LogP contribution in [0.3, 0.4) is 0 Å². The van der Waals surface area contributed by atoms with Crippen LogP contribution in [-0.4, -0.2) is 24.6 Å². The highest BCUT2D eigenvalue weighted by Crippen LogP contribution is 2.31. The third-order valence-corrected chi connectivity index (χ3v) is 3.69. The SMILES string of the molecule is COc1ccc(CNC(=O)C2=NNC(=O)CC2)cc1C(C)(C)C. The highest BCUT2D eigenvalue weighted by atomic mass is 16.5. The third kappa shape index (κ3) is 4.31. The predicted molar refractivity (Wildman–Crippen MR) is 88.4 cm³/mol. The normalized spacial score (nSPS) is 14.8. The summed E-state index contributed by atoms with van der Waals surface area (Å²) in [6.07, 6.45) is 0.663. The summed E-state index contributed by atoms with van der Waals surface area (Å²) >= 11 is 0. The number of carbonyl (C=O) groups excluding carboxylic acids is 2. The first-order chi connectivity index (χ1) is 10.8. The van der Waals surface area contributed by atoms with Crippen molar-refractivity contribution in [3.63, 3.8) is 0 Å². The van der Waals surface area contributed by atoms with Crippen molar-refractivity contribution in [1.82, 2.24) is 10.7 Å². The Bertz CT molecular complexity index is 645. The Kier molecular flexibility index (Phi) is 5.03. The average Bonchev–Trinajstić information content (AvgIpc) is 2.52. The van der Waals surface area contributed by atoms with E-state index in [0.29, 0.717) is 25.1 Å². The van der Waals surface area contributed by atoms with Gasteiger partial charge in [0.05, 0.1) is 7.11 Å². The van der Waals surface area contributed by atoms with Gasteiger partial charge in [0, 0.05) is 19.4 Å². The fraction of sp³-hybridized carbons (Fsp3) is 0.471. The maximum atomic E-state index is 12.1. The lowest BCUT2D eigenvalue weighted by Gasteiger charge is -2.23. The van der Waals surface area contributed by atoms with Gasteiger partial charge in [0.15, 0.2) is 0 Å². The quantitative estimate of drug-likeness (QED) is 0.890. The zero-order valence-corrected chi connectivity index (χ0v) is 14.0. The molecule has 0 fully saturated rings. The number of benzene rings is 1. The van der Waals surface area contributed by atoms with Gasteiger partial charge >= 0.3 is 0 Å². The van der Waals surface area contributed by atoms with E-state index in [9.17, 15) is 9.59 Å². The highest BCUT2D eigenvalue weighted by molar-refractivity contribution is 6.39. The van der Waals surface area contributed by atoms with Crippen molar-refractivity contribution in [2.75, 3.05) is 7.11 Å². The summed E-state index contributed by atoms with van der Waals surface area (Å²) in [6.45, 7) is 6.75. The number of methoxy groups -OCH3 is 1. The van der Waals surface area contributed by atoms with Gasteiger partial charge in [0.25, 0.3) is 5.91 Å². The number of ether oxygens (including phenoxy) is 1. The molecule has 0 atom stereocenters. The number of hydrogen-bond donors (Lipinski definition) is 2. The highest BCUT2D eigenvalue weighted by Gasteiger charge is 2.20. The predicted octanol–water partition coefficient (Wildman–Crippen LogP) is 1.87. The van der Waals surface area contributed by atoms with E-state index in [4.69, 9.17) is 4.74 Å². The molecule has 124 valence electrons. The molecular formula is C17H23N3O3. The van der Waals surface area contributed by atoms with Gasteiger partial charge in [-0.15, -0.1) is 0 Å². The van der Waals surface area contributed by atoms with Crippen LogP contribution in [0, 0.1) is 0 Å². The standard InChI is InChI=1S/C17H23N3O3/c1-17(2,3)12-9-11(5-7-14(12)23-4)10-18-16(22)13-6-8-15(21)20-19-13/h5,7,9H,6,8,10H2,1-4H3,(H,18,22)(H,20,21). The van der Waals surface area contributed by atoms with Crippen molar-refractivity contribution in [2.24, 2.45) is 5.10 Å². The molecule has 2 amide bonds. The van der Waals surface area contributed by atoms with E-state index >= 15 is 0 Å². The number of rotatable bonds is 4. The molecule has 1 heterocycles. The Balaban J connectivity index is 2.06. The first-order valence-electron chi connectivity index (χ1n) is 7.62. The second kappa shape index (κ2) is 6.81. The molecule has 0 bridgehead atoms. The minimum Gasteiger partial charge on any atom is -0.496 e. The third-order valence-electron chi connectivity index (χ3n) is 3.69. The molecule has 0 aromatic heterocycles. The molecule has 6 nitrogen and oxygen atoms in total. The summed E-state index contributed by atoms with van der Waals surface area (Å²) in [7, 11) is 1.65. The molecule has 0 spiro atoms. The van der Waals surface area contributed by atoms with E-state index in [0.717, 1.165) is 16.9 Å². The average molecular weight is 317 g/mol. The van der Waals surface area contributed by atoms with Crippen molar-refractivity contribution >= 4 is 17.5 Å². The molecule has 1 aliphatic rings. The van der Waals surface area contributed by atoms with Crippen molar-refractivity contribution in [2.45, 2.75) is 45.6 Å². The van der Waals surface area contributed by atoms with Crippen molar-refractivity contribution < 1.29 is 14.3 Å². The number of nitrogens with zero attached hydrogens (tertiary/aromatic N) is 1. The van der Waals surface area contributed by atoms with Crippen LogP contribution in [0.4, 0.5) is 0 Å². The Hall–Kier alpha value is -2.37. The number of amides is 2. The van der Waals surface area contributed by atoms with Gasteiger partial charge in [-0.3, -0.25) is 9.59 Å². The van der Waals surface area contributed by atoms with Crippen molar-refractivity contribution in [3.8, 4) is 5.75 Å². The molecule has 2 rings (SSSR count). The van der Waals surface area contributed by atoms with Crippen LogP contribution in [0.15, 0.2) is 23.3 Å². The Morgan fingerprint density at radius 1 is 1.35 bits per heavy atom. The van der Waals surface area contributed by atoms with E-state index in [1.807, 2.05) is 18.2 Å². The van der Waals surface area contributed by atoms with E-state index in [-0.39, 0.29) is 17.2 Å². The monoisotopic (exact) mass is 317 g/mol. The minimum absolute atomic E-state index is 0.0525. The fourth-order valence-corrected chi connectivity index (χ4v) is 2.37.